The number of aliphatic hydroxyl groups is 1. The lowest BCUT2D eigenvalue weighted by Gasteiger charge is -2.21. The van der Waals surface area contributed by atoms with E-state index in [4.69, 9.17) is 37.0 Å². The SMILES string of the molecule is CC(C)CCCCCCCCCCCCCCCCC(=O)O[C@H](COC(=O)CCCCCCCCC(C)C)COP(=O)(O)OCC(O)COP(=O)(O)OC[C@@H](COC(=O)CCCCCCCCCCC(C)C)OC(=O)CCCCCCCCCC(C)C. The smallest absolute Gasteiger partial charge is 0.462 e. The third-order valence-corrected chi connectivity index (χ3v) is 17.5. The summed E-state index contributed by atoms with van der Waals surface area (Å²) in [6.07, 6.45) is 39.3. The first-order valence-corrected chi connectivity index (χ1v) is 38.2. The first-order valence-electron chi connectivity index (χ1n) is 35.2. The number of hydrogen-bond donors (Lipinski definition) is 3. The van der Waals surface area contributed by atoms with E-state index < -0.39 is 97.5 Å². The van der Waals surface area contributed by atoms with E-state index in [0.717, 1.165) is 108 Å². The van der Waals surface area contributed by atoms with Crippen LogP contribution in [0.5, 0.6) is 0 Å². The van der Waals surface area contributed by atoms with Gasteiger partial charge in [-0.3, -0.25) is 37.3 Å². The van der Waals surface area contributed by atoms with E-state index in [1.165, 1.54) is 128 Å². The van der Waals surface area contributed by atoms with Gasteiger partial charge in [-0.1, -0.05) is 280 Å². The molecule has 17 nitrogen and oxygen atoms in total. The minimum absolute atomic E-state index is 0.102. The summed E-state index contributed by atoms with van der Waals surface area (Å²) >= 11 is 0. The molecule has 0 radical (unpaired) electrons. The summed E-state index contributed by atoms with van der Waals surface area (Å²) in [5.41, 5.74) is 0. The van der Waals surface area contributed by atoms with Crippen molar-refractivity contribution in [3.05, 3.63) is 0 Å². The highest BCUT2D eigenvalue weighted by Crippen LogP contribution is 2.45. The molecule has 0 bridgehead atoms. The first-order chi connectivity index (χ1) is 41.6. The fraction of sp³-hybridized carbons (Fsp3) is 0.941. The van der Waals surface area contributed by atoms with Crippen molar-refractivity contribution in [2.45, 2.75) is 350 Å². The number of aliphatic hydroxyl groups excluding tert-OH is 1. The summed E-state index contributed by atoms with van der Waals surface area (Å²) in [7, 11) is -9.90. The predicted octanol–water partition coefficient (Wildman–Crippen LogP) is 18.9. The lowest BCUT2D eigenvalue weighted by molar-refractivity contribution is -0.161. The first kappa shape index (κ1) is 85.1. The van der Waals surface area contributed by atoms with E-state index >= 15 is 0 Å². The van der Waals surface area contributed by atoms with E-state index in [2.05, 4.69) is 55.4 Å². The Balaban J connectivity index is 5.21. The quantitative estimate of drug-likeness (QED) is 0.0222. The van der Waals surface area contributed by atoms with Gasteiger partial charge in [-0.05, 0) is 49.4 Å². The van der Waals surface area contributed by atoms with Gasteiger partial charge in [0.1, 0.15) is 19.3 Å². The van der Waals surface area contributed by atoms with Gasteiger partial charge in [0.05, 0.1) is 26.4 Å². The highest BCUT2D eigenvalue weighted by Gasteiger charge is 2.30. The van der Waals surface area contributed by atoms with Gasteiger partial charge < -0.3 is 33.8 Å². The molecule has 516 valence electrons. The zero-order valence-corrected chi connectivity index (χ0v) is 58.4. The molecule has 0 fully saturated rings. The molecule has 5 atom stereocenters. The summed E-state index contributed by atoms with van der Waals surface area (Å²) < 4.78 is 68.1. The van der Waals surface area contributed by atoms with Gasteiger partial charge in [-0.25, -0.2) is 9.13 Å². The van der Waals surface area contributed by atoms with Gasteiger partial charge >= 0.3 is 39.5 Å². The highest BCUT2D eigenvalue weighted by molar-refractivity contribution is 7.47. The Morgan fingerprint density at radius 2 is 0.483 bits per heavy atom. The van der Waals surface area contributed by atoms with Crippen LogP contribution in [0.3, 0.4) is 0 Å². The molecule has 0 aliphatic rings. The van der Waals surface area contributed by atoms with Crippen LogP contribution in [-0.2, 0) is 65.4 Å². The Bertz CT molecular complexity index is 1730. The maximum Gasteiger partial charge on any atom is 0.472 e. The van der Waals surface area contributed by atoms with E-state index in [9.17, 15) is 43.2 Å². The number of carbonyl (C=O) groups excluding carboxylic acids is 4. The van der Waals surface area contributed by atoms with Gasteiger partial charge in [-0.15, -0.1) is 0 Å². The largest absolute Gasteiger partial charge is 0.472 e. The maximum absolute atomic E-state index is 13.0. The second-order valence-electron chi connectivity index (χ2n) is 26.5. The molecule has 0 heterocycles. The summed E-state index contributed by atoms with van der Waals surface area (Å²) in [6.45, 7) is 14.0. The number of unbranched alkanes of at least 4 members (excludes halogenated alkanes) is 31. The molecule has 87 heavy (non-hydrogen) atoms. The highest BCUT2D eigenvalue weighted by atomic mass is 31.2. The third kappa shape index (κ3) is 62.6. The molecule has 0 spiro atoms. The van der Waals surface area contributed by atoms with Crippen LogP contribution in [-0.4, -0.2) is 96.7 Å². The van der Waals surface area contributed by atoms with Crippen LogP contribution in [0.1, 0.15) is 331 Å². The number of phosphoric acid groups is 2. The van der Waals surface area contributed by atoms with Crippen LogP contribution in [0.4, 0.5) is 0 Å². The Morgan fingerprint density at radius 1 is 0.287 bits per heavy atom. The fourth-order valence-corrected chi connectivity index (χ4v) is 11.7. The lowest BCUT2D eigenvalue weighted by Crippen LogP contribution is -2.30. The summed E-state index contributed by atoms with van der Waals surface area (Å²) in [5, 5.41) is 10.6. The van der Waals surface area contributed by atoms with Crippen molar-refractivity contribution in [1.82, 2.24) is 0 Å². The second-order valence-corrected chi connectivity index (χ2v) is 29.4. The van der Waals surface area contributed by atoms with E-state index in [0.29, 0.717) is 37.5 Å². The Labute approximate surface area is 530 Å². The van der Waals surface area contributed by atoms with Crippen molar-refractivity contribution in [2.24, 2.45) is 23.7 Å². The van der Waals surface area contributed by atoms with Crippen molar-refractivity contribution in [3.63, 3.8) is 0 Å². The third-order valence-electron chi connectivity index (χ3n) is 15.6. The molecule has 0 aromatic carbocycles. The zero-order chi connectivity index (χ0) is 64.7. The van der Waals surface area contributed by atoms with Gasteiger partial charge in [-0.2, -0.15) is 0 Å². The van der Waals surface area contributed by atoms with Gasteiger partial charge in [0.25, 0.3) is 0 Å². The van der Waals surface area contributed by atoms with Crippen molar-refractivity contribution in [2.75, 3.05) is 39.6 Å². The van der Waals surface area contributed by atoms with Crippen molar-refractivity contribution in [1.29, 1.82) is 0 Å². The number of ether oxygens (including phenoxy) is 4. The number of phosphoric ester groups is 2. The minimum atomic E-state index is -4.95. The van der Waals surface area contributed by atoms with Crippen LogP contribution in [0.25, 0.3) is 0 Å². The maximum atomic E-state index is 13.0. The number of hydrogen-bond acceptors (Lipinski definition) is 15. The predicted molar refractivity (Wildman–Crippen MR) is 349 cm³/mol. The molecule has 0 aromatic heterocycles. The average molecular weight is 1280 g/mol. The van der Waals surface area contributed by atoms with Gasteiger partial charge in [0, 0.05) is 25.7 Å². The molecule has 0 saturated carbocycles. The minimum Gasteiger partial charge on any atom is -0.462 e. The molecule has 3 unspecified atom stereocenters. The molecule has 0 saturated heterocycles. The molecule has 0 rings (SSSR count). The van der Waals surface area contributed by atoms with Gasteiger partial charge in [0.2, 0.25) is 0 Å². The second kappa shape index (κ2) is 57.9. The summed E-state index contributed by atoms with van der Waals surface area (Å²) in [6, 6.07) is 0. The van der Waals surface area contributed by atoms with Crippen LogP contribution in [0.15, 0.2) is 0 Å². The fourth-order valence-electron chi connectivity index (χ4n) is 10.1. The van der Waals surface area contributed by atoms with Crippen molar-refractivity contribution >= 4 is 39.5 Å². The monoisotopic (exact) mass is 1280 g/mol. The normalized spacial score (nSPS) is 14.3. The number of esters is 4. The van der Waals surface area contributed by atoms with Crippen LogP contribution < -0.4 is 0 Å². The Morgan fingerprint density at radius 3 is 0.713 bits per heavy atom. The standard InChI is InChI=1S/C68H132O17P2/c1-58(2)44-36-28-20-15-13-11-9-10-12-14-16-24-34-42-50-67(72)84-64(55-79-66(71)49-41-33-27-26-31-39-47-61(7)8)57-83-87(76,77)81-53-62(69)52-80-86(74,75)82-56-63(85-68(73)51-43-35-25-19-22-30-38-46-60(5)6)54-78-65(70)48-40-32-23-18-17-21-29-37-45-59(3)4/h58-64,69H,9-57H2,1-8H3,(H,74,75)(H,76,77)/t62?,63-,64-/m1/s1. The average Bonchev–Trinajstić information content (AvgIpc) is 3.48. The van der Waals surface area contributed by atoms with Crippen molar-refractivity contribution < 1.29 is 80.2 Å². The summed E-state index contributed by atoms with van der Waals surface area (Å²) in [4.78, 5) is 72.3. The molecule has 19 heteroatoms. The molecular formula is C68H132O17P2. The molecule has 0 aliphatic carbocycles. The number of carbonyl (C=O) groups is 4. The molecule has 0 aliphatic heterocycles. The molecule has 0 amide bonds. The van der Waals surface area contributed by atoms with E-state index in [1.54, 1.807) is 0 Å². The molecular weight excluding hydrogens is 1150 g/mol. The van der Waals surface area contributed by atoms with E-state index in [1.807, 2.05) is 0 Å². The van der Waals surface area contributed by atoms with Crippen LogP contribution in [0, 0.1) is 23.7 Å². The Hall–Kier alpha value is -1.94. The van der Waals surface area contributed by atoms with Gasteiger partial charge in [0.15, 0.2) is 12.2 Å². The Kier molecular flexibility index (Phi) is 56.6. The topological polar surface area (TPSA) is 237 Å². The zero-order valence-electron chi connectivity index (χ0n) is 56.6. The van der Waals surface area contributed by atoms with Crippen molar-refractivity contribution in [3.8, 4) is 0 Å². The number of rotatable bonds is 65. The van der Waals surface area contributed by atoms with Crippen LogP contribution in [0.2, 0.25) is 0 Å². The van der Waals surface area contributed by atoms with E-state index in [-0.39, 0.29) is 25.7 Å². The van der Waals surface area contributed by atoms with Crippen LogP contribution >= 0.6 is 15.6 Å². The lowest BCUT2D eigenvalue weighted by atomic mass is 10.0. The molecule has 0 aromatic rings. The molecule has 3 N–H and O–H groups in total. The summed E-state index contributed by atoms with van der Waals surface area (Å²) in [5.74, 6) is 0.760.